The van der Waals surface area contributed by atoms with E-state index in [1.54, 1.807) is 6.07 Å². The van der Waals surface area contributed by atoms with Crippen molar-refractivity contribution in [2.75, 3.05) is 26.3 Å². The van der Waals surface area contributed by atoms with Gasteiger partial charge >= 0.3 is 0 Å². The molecule has 6 nitrogen and oxygen atoms in total. The molecule has 0 unspecified atom stereocenters. The molecular formula is C30H47F2N3O3. The lowest BCUT2D eigenvalue weighted by atomic mass is 9.73. The van der Waals surface area contributed by atoms with E-state index in [1.807, 2.05) is 0 Å². The molecule has 2 aliphatic rings. The first-order chi connectivity index (χ1) is 18.1. The first-order valence-corrected chi connectivity index (χ1v) is 14.4. The molecule has 2 amide bonds. The second-order valence-electron chi connectivity index (χ2n) is 12.1. The van der Waals surface area contributed by atoms with Gasteiger partial charge < -0.3 is 15.4 Å². The zero-order valence-corrected chi connectivity index (χ0v) is 23.7. The number of amides is 2. The fourth-order valence-electron chi connectivity index (χ4n) is 5.76. The number of piperidine rings is 1. The van der Waals surface area contributed by atoms with Gasteiger partial charge in [0.25, 0.3) is 0 Å². The molecule has 1 aromatic rings. The maximum absolute atomic E-state index is 14.3. The van der Waals surface area contributed by atoms with Crippen LogP contribution in [0, 0.1) is 28.9 Å². The van der Waals surface area contributed by atoms with Crippen molar-refractivity contribution < 1.29 is 23.1 Å². The molecule has 0 bridgehead atoms. The van der Waals surface area contributed by atoms with E-state index in [1.165, 1.54) is 6.07 Å². The average Bonchev–Trinajstić information content (AvgIpc) is 2.85. The van der Waals surface area contributed by atoms with Crippen molar-refractivity contribution >= 4 is 11.8 Å². The van der Waals surface area contributed by atoms with Crippen molar-refractivity contribution in [2.45, 2.75) is 97.7 Å². The highest BCUT2D eigenvalue weighted by Crippen LogP contribution is 2.38. The molecule has 2 atom stereocenters. The number of carbonyl (C=O) groups excluding carboxylic acids is 2. The number of nitrogens with one attached hydrogen (secondary N) is 2. The van der Waals surface area contributed by atoms with Gasteiger partial charge in [0.1, 0.15) is 6.04 Å². The van der Waals surface area contributed by atoms with Gasteiger partial charge in [0, 0.05) is 18.7 Å². The highest BCUT2D eigenvalue weighted by atomic mass is 19.2. The van der Waals surface area contributed by atoms with E-state index in [9.17, 15) is 18.4 Å². The van der Waals surface area contributed by atoms with Crippen LogP contribution in [0.3, 0.4) is 0 Å². The number of hydrogen-bond acceptors (Lipinski definition) is 4. The van der Waals surface area contributed by atoms with Crippen LogP contribution in [0.1, 0.15) is 84.6 Å². The summed E-state index contributed by atoms with van der Waals surface area (Å²) < 4.78 is 33.9. The molecule has 0 radical (unpaired) electrons. The summed E-state index contributed by atoms with van der Waals surface area (Å²) in [7, 11) is 0. The zero-order valence-electron chi connectivity index (χ0n) is 23.7. The Bertz CT molecular complexity index is 916. The summed E-state index contributed by atoms with van der Waals surface area (Å²) in [5.41, 5.74) is -0.240. The Labute approximate surface area is 227 Å². The molecule has 0 aromatic heterocycles. The minimum atomic E-state index is -0.838. The molecule has 8 heteroatoms. The molecule has 1 spiro atoms. The Balaban J connectivity index is 1.75. The second-order valence-corrected chi connectivity index (χ2v) is 12.1. The van der Waals surface area contributed by atoms with Crippen LogP contribution in [-0.2, 0) is 20.9 Å². The topological polar surface area (TPSA) is 70.7 Å². The van der Waals surface area contributed by atoms with Gasteiger partial charge in [-0.15, -0.1) is 0 Å². The molecule has 0 saturated carbocycles. The van der Waals surface area contributed by atoms with E-state index < -0.39 is 23.1 Å². The summed E-state index contributed by atoms with van der Waals surface area (Å²) in [6, 6.07) is 3.58. The van der Waals surface area contributed by atoms with Gasteiger partial charge in [0.05, 0.1) is 18.1 Å². The largest absolute Gasteiger partial charge is 0.379 e. The molecule has 1 aromatic carbocycles. The van der Waals surface area contributed by atoms with Crippen molar-refractivity contribution in [1.82, 2.24) is 15.5 Å². The lowest BCUT2D eigenvalue weighted by Gasteiger charge is -2.42. The summed E-state index contributed by atoms with van der Waals surface area (Å²) in [5.74, 6) is -1.19. The van der Waals surface area contributed by atoms with Crippen molar-refractivity contribution in [3.05, 3.63) is 35.4 Å². The normalized spacial score (nSPS) is 24.3. The zero-order chi connectivity index (χ0) is 27.7. The van der Waals surface area contributed by atoms with Crippen LogP contribution in [0.25, 0.3) is 0 Å². The monoisotopic (exact) mass is 535 g/mol. The lowest BCUT2D eigenvalue weighted by molar-refractivity contribution is -0.139. The number of hydrogen-bond donors (Lipinski definition) is 2. The molecule has 2 N–H and O–H groups in total. The predicted molar refractivity (Wildman–Crippen MR) is 145 cm³/mol. The SMILES string of the molecule is CC(C)C[C@H]1COCCCCCC2(CCN(Cc3cccc(F)c3F)CC2)C(=O)N[C@@H](CC(C)C)C(=O)N1. The van der Waals surface area contributed by atoms with E-state index in [0.29, 0.717) is 63.6 Å². The molecule has 38 heavy (non-hydrogen) atoms. The number of halogens is 2. The van der Waals surface area contributed by atoms with Gasteiger partial charge in [-0.2, -0.15) is 0 Å². The number of rotatable bonds is 6. The van der Waals surface area contributed by atoms with Crippen LogP contribution in [0.2, 0.25) is 0 Å². The Hall–Kier alpha value is -2.06. The second kappa shape index (κ2) is 14.4. The molecule has 2 saturated heterocycles. The van der Waals surface area contributed by atoms with Crippen molar-refractivity contribution in [3.63, 3.8) is 0 Å². The van der Waals surface area contributed by atoms with Gasteiger partial charge in [0.15, 0.2) is 11.6 Å². The minimum absolute atomic E-state index is 0.0522. The van der Waals surface area contributed by atoms with Crippen molar-refractivity contribution in [3.8, 4) is 0 Å². The van der Waals surface area contributed by atoms with Gasteiger partial charge in [-0.25, -0.2) is 8.78 Å². The highest BCUT2D eigenvalue weighted by Gasteiger charge is 2.42. The summed E-state index contributed by atoms with van der Waals surface area (Å²) in [6.07, 6.45) is 6.17. The molecule has 2 heterocycles. The van der Waals surface area contributed by atoms with Gasteiger partial charge in [-0.05, 0) is 69.5 Å². The Morgan fingerprint density at radius 3 is 2.37 bits per heavy atom. The van der Waals surface area contributed by atoms with Gasteiger partial charge in [0.2, 0.25) is 11.8 Å². The first kappa shape index (κ1) is 30.5. The minimum Gasteiger partial charge on any atom is -0.379 e. The van der Waals surface area contributed by atoms with Crippen LogP contribution in [0.5, 0.6) is 0 Å². The molecule has 214 valence electrons. The number of ether oxygens (including phenoxy) is 1. The van der Waals surface area contributed by atoms with E-state index in [4.69, 9.17) is 4.74 Å². The van der Waals surface area contributed by atoms with E-state index in [2.05, 4.69) is 43.2 Å². The molecule has 3 rings (SSSR count). The van der Waals surface area contributed by atoms with Crippen LogP contribution in [0.15, 0.2) is 18.2 Å². The predicted octanol–water partition coefficient (Wildman–Crippen LogP) is 5.20. The third-order valence-corrected chi connectivity index (χ3v) is 7.91. The average molecular weight is 536 g/mol. The number of nitrogens with zero attached hydrogens (tertiary/aromatic N) is 1. The van der Waals surface area contributed by atoms with E-state index >= 15 is 0 Å². The Kier molecular flexibility index (Phi) is 11.5. The Morgan fingerprint density at radius 2 is 1.68 bits per heavy atom. The third-order valence-electron chi connectivity index (χ3n) is 7.91. The van der Waals surface area contributed by atoms with Crippen LogP contribution in [0.4, 0.5) is 8.78 Å². The summed E-state index contributed by atoms with van der Waals surface area (Å²) in [4.78, 5) is 29.4. The maximum Gasteiger partial charge on any atom is 0.242 e. The van der Waals surface area contributed by atoms with Crippen LogP contribution in [-0.4, -0.2) is 55.1 Å². The third kappa shape index (κ3) is 8.73. The fourth-order valence-corrected chi connectivity index (χ4v) is 5.76. The number of likely N-dealkylation sites (tertiary alicyclic amines) is 1. The molecular weight excluding hydrogens is 488 g/mol. The van der Waals surface area contributed by atoms with Gasteiger partial charge in [-0.3, -0.25) is 14.5 Å². The molecule has 0 aliphatic carbocycles. The van der Waals surface area contributed by atoms with Crippen molar-refractivity contribution in [1.29, 1.82) is 0 Å². The molecule has 2 aliphatic heterocycles. The fraction of sp³-hybridized carbons (Fsp3) is 0.733. The lowest BCUT2D eigenvalue weighted by Crippen LogP contribution is -2.56. The van der Waals surface area contributed by atoms with Gasteiger partial charge in [-0.1, -0.05) is 52.7 Å². The standard InChI is InChI=1S/C30H47F2N3O3/c1-21(2)17-24-20-38-16-7-5-6-11-30(29(37)34-26(18-22(3)4)28(36)33-24)12-14-35(15-13-30)19-23-9-8-10-25(31)27(23)32/h8-10,21-22,24,26H,5-7,11-20H2,1-4H3,(H,33,36)(H,34,37)/t24-,26-/m0/s1. The summed E-state index contributed by atoms with van der Waals surface area (Å²) >= 11 is 0. The highest BCUT2D eigenvalue weighted by molar-refractivity contribution is 5.90. The first-order valence-electron chi connectivity index (χ1n) is 14.4. The maximum atomic E-state index is 14.3. The number of carbonyl (C=O) groups is 2. The van der Waals surface area contributed by atoms with Crippen LogP contribution < -0.4 is 10.6 Å². The Morgan fingerprint density at radius 1 is 0.974 bits per heavy atom. The van der Waals surface area contributed by atoms with E-state index in [-0.39, 0.29) is 23.8 Å². The molecule has 2 fully saturated rings. The smallest absolute Gasteiger partial charge is 0.242 e. The summed E-state index contributed by atoms with van der Waals surface area (Å²) in [6.45, 7) is 11.0. The van der Waals surface area contributed by atoms with Crippen LogP contribution >= 0.6 is 0 Å². The van der Waals surface area contributed by atoms with Crippen molar-refractivity contribution in [2.24, 2.45) is 17.3 Å². The number of benzene rings is 1. The quantitative estimate of drug-likeness (QED) is 0.525. The summed E-state index contributed by atoms with van der Waals surface area (Å²) in [5, 5.41) is 6.31. The van der Waals surface area contributed by atoms with E-state index in [0.717, 1.165) is 38.2 Å².